The Balaban J connectivity index is 3.47. The highest BCUT2D eigenvalue weighted by molar-refractivity contribution is 6.38. The van der Waals surface area contributed by atoms with Crippen LogP contribution in [-0.2, 0) is 0 Å². The Hall–Kier alpha value is -1.24. The van der Waals surface area contributed by atoms with Crippen LogP contribution in [0.2, 0.25) is 5.02 Å². The number of benzene rings is 1. The molecule has 0 fully saturated rings. The summed E-state index contributed by atoms with van der Waals surface area (Å²) in [4.78, 5) is 11.3. The summed E-state index contributed by atoms with van der Waals surface area (Å²) in [5.41, 5.74) is 5.93. The van der Waals surface area contributed by atoms with Gasteiger partial charge < -0.3 is 5.73 Å². The zero-order chi connectivity index (χ0) is 10.7. The largest absolute Gasteiger partial charge is 0.398 e. The molecule has 1 aromatic carbocycles. The van der Waals surface area contributed by atoms with Gasteiger partial charge in [0.1, 0.15) is 6.07 Å². The van der Waals surface area contributed by atoms with Crippen molar-refractivity contribution in [1.29, 1.82) is 5.26 Å². The van der Waals surface area contributed by atoms with Gasteiger partial charge in [0, 0.05) is 0 Å². The number of hydrogen-bond acceptors (Lipinski definition) is 3. The number of nitrogens with zero attached hydrogens (tertiary/aromatic N) is 1. The average molecular weight is 229 g/mol. The van der Waals surface area contributed by atoms with Crippen molar-refractivity contribution < 1.29 is 4.79 Å². The lowest BCUT2D eigenvalue weighted by atomic mass is 10.0. The van der Waals surface area contributed by atoms with Crippen LogP contribution in [0.4, 0.5) is 5.69 Å². The van der Waals surface area contributed by atoms with Crippen molar-refractivity contribution in [2.45, 2.75) is 0 Å². The highest BCUT2D eigenvalue weighted by Gasteiger charge is 2.16. The second-order valence-corrected chi connectivity index (χ2v) is 3.23. The fourth-order valence-electron chi connectivity index (χ4n) is 1.05. The summed E-state index contributed by atoms with van der Waals surface area (Å²) in [7, 11) is 0. The number of nitrogen functional groups attached to an aromatic ring is 1. The molecule has 0 saturated heterocycles. The van der Waals surface area contributed by atoms with E-state index in [1.165, 1.54) is 12.1 Å². The molecule has 5 heteroatoms. The third-order valence-corrected chi connectivity index (χ3v) is 2.26. The molecule has 0 aliphatic heterocycles. The minimum absolute atomic E-state index is 0.0863. The van der Waals surface area contributed by atoms with Crippen LogP contribution in [0.25, 0.3) is 0 Å². The maximum Gasteiger partial charge on any atom is 0.180 e. The van der Waals surface area contributed by atoms with E-state index in [-0.39, 0.29) is 27.7 Å². The molecule has 0 unspecified atom stereocenters. The molecule has 0 saturated carbocycles. The van der Waals surface area contributed by atoms with E-state index in [0.29, 0.717) is 0 Å². The van der Waals surface area contributed by atoms with E-state index in [1.54, 1.807) is 0 Å². The van der Waals surface area contributed by atoms with Crippen LogP contribution >= 0.6 is 23.2 Å². The Bertz CT molecular complexity index is 424. The Kier molecular flexibility index (Phi) is 3.34. The number of carbonyl (C=O) groups excluding carboxylic acids is 1. The second kappa shape index (κ2) is 4.32. The minimum Gasteiger partial charge on any atom is -0.398 e. The molecule has 0 bridgehead atoms. The molecular weight excluding hydrogens is 223 g/mol. The summed E-state index contributed by atoms with van der Waals surface area (Å²) >= 11 is 11.1. The predicted octanol–water partition coefficient (Wildman–Crippen LogP) is 2.22. The molecule has 0 heterocycles. The number of nitrogens with two attached hydrogens (primary N) is 1. The Morgan fingerprint density at radius 1 is 1.57 bits per heavy atom. The van der Waals surface area contributed by atoms with Crippen LogP contribution in [0.1, 0.15) is 15.9 Å². The van der Waals surface area contributed by atoms with Crippen molar-refractivity contribution in [2.75, 3.05) is 11.6 Å². The average Bonchev–Trinajstić information content (AvgIpc) is 2.19. The van der Waals surface area contributed by atoms with Gasteiger partial charge in [-0.3, -0.25) is 4.79 Å². The van der Waals surface area contributed by atoms with E-state index >= 15 is 0 Å². The van der Waals surface area contributed by atoms with Gasteiger partial charge in [-0.2, -0.15) is 5.26 Å². The Labute approximate surface area is 91.0 Å². The summed E-state index contributed by atoms with van der Waals surface area (Å²) in [6.07, 6.45) is 0. The van der Waals surface area contributed by atoms with Crippen molar-refractivity contribution in [3.8, 4) is 6.07 Å². The highest BCUT2D eigenvalue weighted by Crippen LogP contribution is 2.25. The van der Waals surface area contributed by atoms with Crippen LogP contribution < -0.4 is 5.73 Å². The zero-order valence-electron chi connectivity index (χ0n) is 7.05. The topological polar surface area (TPSA) is 66.9 Å². The van der Waals surface area contributed by atoms with E-state index in [9.17, 15) is 4.79 Å². The fraction of sp³-hybridized carbons (Fsp3) is 0.111. The van der Waals surface area contributed by atoms with E-state index in [4.69, 9.17) is 34.2 Å². The number of nitriles is 1. The SMILES string of the molecule is N#Cc1c(N)ccc(Cl)c1C(=O)CCl. The van der Waals surface area contributed by atoms with Crippen molar-refractivity contribution in [2.24, 2.45) is 0 Å². The predicted molar refractivity (Wildman–Crippen MR) is 55.6 cm³/mol. The summed E-state index contributed by atoms with van der Waals surface area (Å²) in [6, 6.07) is 4.78. The van der Waals surface area contributed by atoms with E-state index in [1.807, 2.05) is 6.07 Å². The lowest BCUT2D eigenvalue weighted by Gasteiger charge is -2.05. The number of carbonyl (C=O) groups is 1. The number of alkyl halides is 1. The van der Waals surface area contributed by atoms with Crippen molar-refractivity contribution in [3.63, 3.8) is 0 Å². The molecular formula is C9H6Cl2N2O. The molecule has 3 nitrogen and oxygen atoms in total. The molecule has 0 radical (unpaired) electrons. The second-order valence-electron chi connectivity index (χ2n) is 2.56. The van der Waals surface area contributed by atoms with Crippen molar-refractivity contribution in [3.05, 3.63) is 28.3 Å². The van der Waals surface area contributed by atoms with E-state index < -0.39 is 5.78 Å². The maximum absolute atomic E-state index is 11.3. The maximum atomic E-state index is 11.3. The van der Waals surface area contributed by atoms with Crippen LogP contribution in [0, 0.1) is 11.3 Å². The normalized spacial score (nSPS) is 9.50. The lowest BCUT2D eigenvalue weighted by molar-refractivity contribution is 0.102. The molecule has 0 spiro atoms. The summed E-state index contributed by atoms with van der Waals surface area (Å²) in [6.45, 7) is 0. The van der Waals surface area contributed by atoms with Gasteiger partial charge in [-0.25, -0.2) is 0 Å². The molecule has 1 rings (SSSR count). The molecule has 0 aliphatic carbocycles. The molecule has 0 atom stereocenters. The van der Waals surface area contributed by atoms with Gasteiger partial charge in [-0.05, 0) is 12.1 Å². The highest BCUT2D eigenvalue weighted by atomic mass is 35.5. The standard InChI is InChI=1S/C9H6Cl2N2O/c10-3-8(14)9-5(4-12)7(13)2-1-6(9)11/h1-2H,3,13H2. The molecule has 0 aliphatic rings. The van der Waals surface area contributed by atoms with Gasteiger partial charge in [-0.15, -0.1) is 11.6 Å². The molecule has 72 valence electrons. The molecule has 0 amide bonds. The monoisotopic (exact) mass is 228 g/mol. The summed E-state index contributed by atoms with van der Waals surface area (Å²) in [5, 5.41) is 8.98. The first-order chi connectivity index (χ1) is 6.61. The fourth-order valence-corrected chi connectivity index (χ4v) is 1.45. The number of hydrogen-bond donors (Lipinski definition) is 1. The first kappa shape index (κ1) is 10.8. The van der Waals surface area contributed by atoms with E-state index in [2.05, 4.69) is 0 Å². The lowest BCUT2D eigenvalue weighted by Crippen LogP contribution is -2.06. The zero-order valence-corrected chi connectivity index (χ0v) is 8.56. The molecule has 0 aromatic heterocycles. The number of rotatable bonds is 2. The molecule has 2 N–H and O–H groups in total. The smallest absolute Gasteiger partial charge is 0.180 e. The minimum atomic E-state index is -0.402. The molecule has 1 aromatic rings. The van der Waals surface area contributed by atoms with Crippen LogP contribution in [0.3, 0.4) is 0 Å². The third kappa shape index (κ3) is 1.82. The van der Waals surface area contributed by atoms with E-state index in [0.717, 1.165) is 0 Å². The van der Waals surface area contributed by atoms with Gasteiger partial charge in [0.15, 0.2) is 5.78 Å². The number of halogens is 2. The van der Waals surface area contributed by atoms with Crippen LogP contribution in [0.15, 0.2) is 12.1 Å². The summed E-state index contributed by atoms with van der Waals surface area (Å²) < 4.78 is 0. The molecule has 14 heavy (non-hydrogen) atoms. The van der Waals surface area contributed by atoms with Gasteiger partial charge in [0.05, 0.1) is 27.7 Å². The quantitative estimate of drug-likeness (QED) is 0.480. The van der Waals surface area contributed by atoms with Crippen molar-refractivity contribution in [1.82, 2.24) is 0 Å². The van der Waals surface area contributed by atoms with Gasteiger partial charge in [0.25, 0.3) is 0 Å². The first-order valence-electron chi connectivity index (χ1n) is 3.69. The van der Waals surface area contributed by atoms with Gasteiger partial charge in [-0.1, -0.05) is 11.6 Å². The van der Waals surface area contributed by atoms with Gasteiger partial charge in [0.2, 0.25) is 0 Å². The number of Topliss-reactive ketones (excluding diaryl/α,β-unsaturated/α-hetero) is 1. The van der Waals surface area contributed by atoms with Crippen LogP contribution in [0.5, 0.6) is 0 Å². The van der Waals surface area contributed by atoms with Crippen LogP contribution in [-0.4, -0.2) is 11.7 Å². The summed E-state index contributed by atoms with van der Waals surface area (Å²) in [5.74, 6) is -0.627. The number of anilines is 1. The van der Waals surface area contributed by atoms with Gasteiger partial charge >= 0.3 is 0 Å². The number of ketones is 1. The Morgan fingerprint density at radius 3 is 2.71 bits per heavy atom. The Morgan fingerprint density at radius 2 is 2.21 bits per heavy atom. The first-order valence-corrected chi connectivity index (χ1v) is 4.60. The van der Waals surface area contributed by atoms with Crippen molar-refractivity contribution >= 4 is 34.7 Å². The third-order valence-electron chi connectivity index (χ3n) is 1.70.